The monoisotopic (exact) mass is 300 g/mol. The molecular weight excluding hydrogens is 283 g/mol. The summed E-state index contributed by atoms with van der Waals surface area (Å²) in [7, 11) is 0. The van der Waals surface area contributed by atoms with Crippen LogP contribution in [0.5, 0.6) is 0 Å². The van der Waals surface area contributed by atoms with Crippen molar-refractivity contribution in [2.45, 2.75) is 25.7 Å². The first kappa shape index (κ1) is 11.8. The molecule has 0 bridgehead atoms. The van der Waals surface area contributed by atoms with Gasteiger partial charge in [0.15, 0.2) is 0 Å². The van der Waals surface area contributed by atoms with E-state index in [1.54, 1.807) is 0 Å². The summed E-state index contributed by atoms with van der Waals surface area (Å²) in [6.07, 6.45) is 9.76. The summed E-state index contributed by atoms with van der Waals surface area (Å²) in [6.45, 7) is 0. The zero-order chi connectivity index (χ0) is 10.1. The Kier molecular flexibility index (Phi) is 6.75. The first-order valence-electron chi connectivity index (χ1n) is 5.21. The summed E-state index contributed by atoms with van der Waals surface area (Å²) in [4.78, 5) is 0. The average Bonchev–Trinajstić information content (AvgIpc) is 2.25. The molecule has 0 saturated heterocycles. The Morgan fingerprint density at radius 2 is 1.79 bits per heavy atom. The molecule has 0 atom stereocenters. The van der Waals surface area contributed by atoms with E-state index in [0.29, 0.717) is 0 Å². The summed E-state index contributed by atoms with van der Waals surface area (Å²) in [5.74, 6) is 0. The number of rotatable bonds is 6. The number of benzene rings is 1. The van der Waals surface area contributed by atoms with Crippen molar-refractivity contribution in [3.63, 3.8) is 0 Å². The predicted octanol–water partition coefficient (Wildman–Crippen LogP) is 4.70. The molecule has 0 aliphatic heterocycles. The highest BCUT2D eigenvalue weighted by atomic mass is 127. The van der Waals surface area contributed by atoms with Crippen molar-refractivity contribution in [1.29, 1.82) is 0 Å². The molecule has 1 aromatic carbocycles. The molecule has 0 heterocycles. The van der Waals surface area contributed by atoms with Crippen LogP contribution in [0, 0.1) is 0 Å². The molecule has 1 aromatic rings. The summed E-state index contributed by atoms with van der Waals surface area (Å²) in [5, 5.41) is 0. The minimum Gasteiger partial charge on any atom is -0.0864 e. The highest BCUT2D eigenvalue weighted by Crippen LogP contribution is 2.06. The number of allylic oxidation sites excluding steroid dienone is 1. The molecule has 0 aliphatic rings. The van der Waals surface area contributed by atoms with Crippen molar-refractivity contribution >= 4 is 28.7 Å². The van der Waals surface area contributed by atoms with E-state index >= 15 is 0 Å². The molecule has 0 aliphatic carbocycles. The van der Waals surface area contributed by atoms with Crippen LogP contribution in [0.2, 0.25) is 0 Å². The van der Waals surface area contributed by atoms with E-state index in [9.17, 15) is 0 Å². The number of unbranched alkanes of at least 4 members (excludes halogenated alkanes) is 3. The molecule has 0 nitrogen and oxygen atoms in total. The van der Waals surface area contributed by atoms with Crippen LogP contribution in [0.3, 0.4) is 0 Å². The molecule has 0 spiro atoms. The van der Waals surface area contributed by atoms with Crippen molar-refractivity contribution in [3.05, 3.63) is 42.0 Å². The quantitative estimate of drug-likeness (QED) is 0.406. The van der Waals surface area contributed by atoms with Crippen molar-refractivity contribution in [1.82, 2.24) is 0 Å². The molecule has 1 heteroatoms. The standard InChI is InChI=1S/C13H17I/c14-12-8-3-1-2-5-9-13-10-6-4-7-11-13/h4-7,9-11H,1-3,8,12H2. The molecule has 0 radical (unpaired) electrons. The lowest BCUT2D eigenvalue weighted by atomic mass is 10.1. The second-order valence-electron chi connectivity index (χ2n) is 3.35. The van der Waals surface area contributed by atoms with Gasteiger partial charge in [0.1, 0.15) is 0 Å². The van der Waals surface area contributed by atoms with Crippen LogP contribution in [0.25, 0.3) is 6.08 Å². The minimum absolute atomic E-state index is 1.21. The molecule has 0 unspecified atom stereocenters. The molecule has 1 rings (SSSR count). The number of halogens is 1. The third-order valence-electron chi connectivity index (χ3n) is 2.11. The predicted molar refractivity (Wildman–Crippen MR) is 72.8 cm³/mol. The average molecular weight is 300 g/mol. The zero-order valence-electron chi connectivity index (χ0n) is 8.45. The molecular formula is C13H17I. The van der Waals surface area contributed by atoms with E-state index < -0.39 is 0 Å². The van der Waals surface area contributed by atoms with Crippen LogP contribution >= 0.6 is 22.6 Å². The van der Waals surface area contributed by atoms with Crippen LogP contribution in [0.4, 0.5) is 0 Å². The first-order chi connectivity index (χ1) is 6.93. The van der Waals surface area contributed by atoms with Gasteiger partial charge in [-0.3, -0.25) is 0 Å². The van der Waals surface area contributed by atoms with Crippen molar-refractivity contribution < 1.29 is 0 Å². The largest absolute Gasteiger partial charge is 0.0864 e. The maximum atomic E-state index is 2.44. The number of hydrogen-bond donors (Lipinski definition) is 0. The van der Waals surface area contributed by atoms with Gasteiger partial charge in [-0.2, -0.15) is 0 Å². The van der Waals surface area contributed by atoms with E-state index in [4.69, 9.17) is 0 Å². The van der Waals surface area contributed by atoms with Gasteiger partial charge in [-0.05, 0) is 29.3 Å². The second kappa shape index (κ2) is 8.04. The molecule has 76 valence electrons. The van der Waals surface area contributed by atoms with Crippen LogP contribution in [0.15, 0.2) is 36.4 Å². The SMILES string of the molecule is ICCCCCC=Cc1ccccc1. The highest BCUT2D eigenvalue weighted by molar-refractivity contribution is 14.1. The van der Waals surface area contributed by atoms with E-state index in [1.807, 2.05) is 0 Å². The summed E-state index contributed by atoms with van der Waals surface area (Å²) in [5.41, 5.74) is 1.31. The van der Waals surface area contributed by atoms with Gasteiger partial charge in [-0.25, -0.2) is 0 Å². The van der Waals surface area contributed by atoms with Gasteiger partial charge in [-0.15, -0.1) is 0 Å². The van der Waals surface area contributed by atoms with Crippen LogP contribution in [-0.4, -0.2) is 4.43 Å². The zero-order valence-corrected chi connectivity index (χ0v) is 10.6. The lowest BCUT2D eigenvalue weighted by Gasteiger charge is -1.94. The second-order valence-corrected chi connectivity index (χ2v) is 4.43. The molecule has 14 heavy (non-hydrogen) atoms. The van der Waals surface area contributed by atoms with Crippen LogP contribution in [0.1, 0.15) is 31.2 Å². The lowest BCUT2D eigenvalue weighted by Crippen LogP contribution is -1.76. The Labute approximate surface area is 101 Å². The Hall–Kier alpha value is -0.310. The van der Waals surface area contributed by atoms with Gasteiger partial charge in [0.2, 0.25) is 0 Å². The molecule has 0 aromatic heterocycles. The van der Waals surface area contributed by atoms with Gasteiger partial charge in [0, 0.05) is 0 Å². The number of alkyl halides is 1. The highest BCUT2D eigenvalue weighted by Gasteiger charge is 1.85. The van der Waals surface area contributed by atoms with E-state index in [0.717, 1.165) is 0 Å². The smallest absolute Gasteiger partial charge is 0.000473 e. The Balaban J connectivity index is 2.15. The topological polar surface area (TPSA) is 0 Å². The summed E-state index contributed by atoms with van der Waals surface area (Å²) < 4.78 is 1.29. The van der Waals surface area contributed by atoms with Crippen LogP contribution in [-0.2, 0) is 0 Å². The van der Waals surface area contributed by atoms with Crippen molar-refractivity contribution in [2.75, 3.05) is 4.43 Å². The Morgan fingerprint density at radius 1 is 1.00 bits per heavy atom. The Morgan fingerprint density at radius 3 is 2.50 bits per heavy atom. The van der Waals surface area contributed by atoms with Crippen molar-refractivity contribution in [3.8, 4) is 0 Å². The third kappa shape index (κ3) is 5.43. The fourth-order valence-electron chi connectivity index (χ4n) is 1.32. The van der Waals surface area contributed by atoms with E-state index in [2.05, 4.69) is 65.1 Å². The number of hydrogen-bond acceptors (Lipinski definition) is 0. The maximum absolute atomic E-state index is 2.44. The molecule has 0 amide bonds. The summed E-state index contributed by atoms with van der Waals surface area (Å²) >= 11 is 2.44. The van der Waals surface area contributed by atoms with Crippen LogP contribution < -0.4 is 0 Å². The van der Waals surface area contributed by atoms with Gasteiger partial charge in [0.05, 0.1) is 0 Å². The molecule has 0 N–H and O–H groups in total. The lowest BCUT2D eigenvalue weighted by molar-refractivity contribution is 0.740. The molecule has 0 saturated carbocycles. The van der Waals surface area contributed by atoms with E-state index in [1.165, 1.54) is 35.7 Å². The minimum atomic E-state index is 1.21. The normalized spacial score (nSPS) is 10.9. The van der Waals surface area contributed by atoms with Gasteiger partial charge in [-0.1, -0.05) is 71.5 Å². The maximum Gasteiger partial charge on any atom is -0.000473 e. The Bertz CT molecular complexity index is 251. The first-order valence-corrected chi connectivity index (χ1v) is 6.73. The van der Waals surface area contributed by atoms with Gasteiger partial charge < -0.3 is 0 Å². The molecule has 0 fully saturated rings. The fourth-order valence-corrected chi connectivity index (χ4v) is 1.86. The van der Waals surface area contributed by atoms with E-state index in [-0.39, 0.29) is 0 Å². The van der Waals surface area contributed by atoms with Gasteiger partial charge >= 0.3 is 0 Å². The summed E-state index contributed by atoms with van der Waals surface area (Å²) in [6, 6.07) is 10.5. The van der Waals surface area contributed by atoms with Crippen molar-refractivity contribution in [2.24, 2.45) is 0 Å². The fraction of sp³-hybridized carbons (Fsp3) is 0.385. The van der Waals surface area contributed by atoms with Gasteiger partial charge in [0.25, 0.3) is 0 Å². The third-order valence-corrected chi connectivity index (χ3v) is 2.88.